The Labute approximate surface area is 168 Å². The second-order valence-corrected chi connectivity index (χ2v) is 6.71. The molecule has 150 valence electrons. The van der Waals surface area contributed by atoms with E-state index in [2.05, 4.69) is 15.9 Å². The van der Waals surface area contributed by atoms with Crippen LogP contribution in [0.25, 0.3) is 0 Å². The van der Waals surface area contributed by atoms with Gasteiger partial charge >= 0.3 is 6.18 Å². The molecule has 0 aliphatic carbocycles. The fraction of sp³-hybridized carbons (Fsp3) is 0.316. The molecule has 1 amide bonds. The lowest BCUT2D eigenvalue weighted by molar-refractivity contribution is -0.384. The zero-order valence-electron chi connectivity index (χ0n) is 15.2. The van der Waals surface area contributed by atoms with Crippen molar-refractivity contribution in [3.63, 3.8) is 0 Å². The van der Waals surface area contributed by atoms with Crippen molar-refractivity contribution in [2.45, 2.75) is 39.4 Å². The number of hydrogen-bond donors (Lipinski definition) is 0. The molecule has 0 spiro atoms. The van der Waals surface area contributed by atoms with Crippen LogP contribution in [0, 0.1) is 10.1 Å². The normalized spacial score (nSPS) is 13.5. The number of nitrogens with zero attached hydrogens (tertiary/aromatic N) is 2. The molecule has 9 heteroatoms. The summed E-state index contributed by atoms with van der Waals surface area (Å²) in [6.45, 7) is 3.94. The first kappa shape index (κ1) is 21.9. The minimum absolute atomic E-state index is 0.0614. The molecule has 0 bridgehead atoms. The average molecular weight is 459 g/mol. The Morgan fingerprint density at radius 1 is 1.14 bits per heavy atom. The summed E-state index contributed by atoms with van der Waals surface area (Å²) in [5.41, 5.74) is 0.528. The van der Waals surface area contributed by atoms with E-state index in [0.717, 1.165) is 12.1 Å². The van der Waals surface area contributed by atoms with Crippen molar-refractivity contribution < 1.29 is 22.9 Å². The van der Waals surface area contributed by atoms with E-state index in [0.29, 0.717) is 27.7 Å². The van der Waals surface area contributed by atoms with E-state index in [-0.39, 0.29) is 24.6 Å². The third kappa shape index (κ3) is 4.70. The van der Waals surface area contributed by atoms with Gasteiger partial charge in [-0.15, -0.1) is 0 Å². The maximum absolute atomic E-state index is 13.0. The van der Waals surface area contributed by atoms with Gasteiger partial charge in [-0.2, -0.15) is 13.2 Å². The first-order valence-electron chi connectivity index (χ1n) is 8.60. The Hall–Kier alpha value is -2.42. The molecule has 28 heavy (non-hydrogen) atoms. The summed E-state index contributed by atoms with van der Waals surface area (Å²) >= 11 is 3.22. The van der Waals surface area contributed by atoms with Gasteiger partial charge in [0.15, 0.2) is 0 Å². The highest BCUT2D eigenvalue weighted by atomic mass is 79.9. The predicted octanol–water partition coefficient (Wildman–Crippen LogP) is 5.88. The molecule has 3 rings (SSSR count). The van der Waals surface area contributed by atoms with Crippen LogP contribution in [0.15, 0.2) is 40.9 Å². The van der Waals surface area contributed by atoms with Crippen molar-refractivity contribution in [2.75, 3.05) is 4.90 Å². The summed E-state index contributed by atoms with van der Waals surface area (Å²) in [5, 5.41) is 10.9. The Morgan fingerprint density at radius 3 is 2.43 bits per heavy atom. The van der Waals surface area contributed by atoms with Gasteiger partial charge in [-0.1, -0.05) is 29.8 Å². The molecule has 0 fully saturated rings. The predicted molar refractivity (Wildman–Crippen MR) is 103 cm³/mol. The van der Waals surface area contributed by atoms with Gasteiger partial charge in [-0.05, 0) is 41.8 Å². The molecular weight excluding hydrogens is 441 g/mol. The van der Waals surface area contributed by atoms with Crippen molar-refractivity contribution >= 4 is 33.2 Å². The van der Waals surface area contributed by atoms with Crippen LogP contribution in [-0.4, -0.2) is 10.8 Å². The number of alkyl halides is 3. The van der Waals surface area contributed by atoms with Crippen LogP contribution in [0.4, 0.5) is 24.5 Å². The highest BCUT2D eigenvalue weighted by Gasteiger charge is 2.32. The summed E-state index contributed by atoms with van der Waals surface area (Å²) in [6, 6.07) is 7.40. The van der Waals surface area contributed by atoms with Crippen molar-refractivity contribution in [1.82, 2.24) is 0 Å². The molecule has 1 heterocycles. The van der Waals surface area contributed by atoms with Crippen molar-refractivity contribution in [1.29, 1.82) is 0 Å². The molecule has 2 aromatic rings. The number of carbonyl (C=O) groups is 1. The van der Waals surface area contributed by atoms with Crippen molar-refractivity contribution in [3.05, 3.63) is 67.7 Å². The highest BCUT2D eigenvalue weighted by molar-refractivity contribution is 9.10. The lowest BCUT2D eigenvalue weighted by Crippen LogP contribution is -2.34. The molecule has 0 aromatic heterocycles. The lowest BCUT2D eigenvalue weighted by atomic mass is 9.99. The fourth-order valence-corrected chi connectivity index (χ4v) is 3.25. The number of aryl methyl sites for hydroxylation is 1. The van der Waals surface area contributed by atoms with Crippen LogP contribution in [0.5, 0.6) is 0 Å². The summed E-state index contributed by atoms with van der Waals surface area (Å²) in [6.07, 6.45) is -3.99. The van der Waals surface area contributed by atoms with Gasteiger partial charge in [0.1, 0.15) is 0 Å². The molecule has 1 aliphatic rings. The third-order valence-electron chi connectivity index (χ3n) is 4.18. The van der Waals surface area contributed by atoms with Crippen molar-refractivity contribution in [2.24, 2.45) is 0 Å². The van der Waals surface area contributed by atoms with E-state index < -0.39 is 16.7 Å². The monoisotopic (exact) mass is 458 g/mol. The minimum Gasteiger partial charge on any atom is -0.308 e. The van der Waals surface area contributed by atoms with E-state index >= 15 is 0 Å². The van der Waals surface area contributed by atoms with E-state index in [9.17, 15) is 28.1 Å². The van der Waals surface area contributed by atoms with Gasteiger partial charge in [0, 0.05) is 28.7 Å². The zero-order chi connectivity index (χ0) is 21.1. The molecule has 1 aliphatic heterocycles. The lowest BCUT2D eigenvalue weighted by Gasteiger charge is -2.30. The van der Waals surface area contributed by atoms with Crippen LogP contribution >= 0.6 is 15.9 Å². The molecule has 2 aromatic carbocycles. The topological polar surface area (TPSA) is 63.4 Å². The summed E-state index contributed by atoms with van der Waals surface area (Å²) < 4.78 is 39.3. The molecule has 0 unspecified atom stereocenters. The number of carbonyl (C=O) groups excluding carboxylic acids is 1. The van der Waals surface area contributed by atoms with Crippen molar-refractivity contribution in [3.8, 4) is 0 Å². The second kappa shape index (κ2) is 8.72. The largest absolute Gasteiger partial charge is 0.416 e. The van der Waals surface area contributed by atoms with Crippen LogP contribution in [0.1, 0.15) is 37.0 Å². The van der Waals surface area contributed by atoms with E-state index in [1.165, 1.54) is 29.2 Å². The van der Waals surface area contributed by atoms with Crippen LogP contribution < -0.4 is 4.90 Å². The summed E-state index contributed by atoms with van der Waals surface area (Å²) in [7, 11) is 0. The average Bonchev–Trinajstić information content (AvgIpc) is 2.65. The van der Waals surface area contributed by atoms with Gasteiger partial charge in [-0.25, -0.2) is 0 Å². The Bertz CT molecular complexity index is 900. The van der Waals surface area contributed by atoms with Gasteiger partial charge in [0.25, 0.3) is 5.69 Å². The van der Waals surface area contributed by atoms with Gasteiger partial charge < -0.3 is 4.90 Å². The maximum atomic E-state index is 13.0. The smallest absolute Gasteiger partial charge is 0.308 e. The quantitative estimate of drug-likeness (QED) is 0.425. The maximum Gasteiger partial charge on any atom is 0.416 e. The standard InChI is InChI=1S/C17H12BrF3N2O3.C2H6/c18-14-4-2-12(17(19,20)21)7-11(14)9-22-15-5-3-13(23(25)26)8-10(15)1-6-16(22)24;1-2/h2-5,7-8H,1,6,9H2;1-2H3. The minimum atomic E-state index is -4.49. The molecule has 0 saturated heterocycles. The zero-order valence-corrected chi connectivity index (χ0v) is 16.8. The molecule has 0 radical (unpaired) electrons. The van der Waals surface area contributed by atoms with E-state index in [1.807, 2.05) is 13.8 Å². The number of amides is 1. The number of nitro groups is 1. The van der Waals surface area contributed by atoms with E-state index in [4.69, 9.17) is 0 Å². The van der Waals surface area contributed by atoms with Crippen LogP contribution in [0.3, 0.4) is 0 Å². The second-order valence-electron chi connectivity index (χ2n) is 5.85. The Kier molecular flexibility index (Phi) is 6.82. The number of fused-ring (bicyclic) bond motifs is 1. The molecule has 5 nitrogen and oxygen atoms in total. The SMILES string of the molecule is CC.O=C1CCc2cc([N+](=O)[O-])ccc2N1Cc1cc(C(F)(F)F)ccc1Br. The van der Waals surface area contributed by atoms with Crippen LogP contribution in [0.2, 0.25) is 0 Å². The molecular formula is C19H18BrF3N2O3. The number of benzene rings is 2. The summed E-state index contributed by atoms with van der Waals surface area (Å²) in [4.78, 5) is 24.1. The third-order valence-corrected chi connectivity index (χ3v) is 4.95. The van der Waals surface area contributed by atoms with Gasteiger partial charge in [-0.3, -0.25) is 14.9 Å². The summed E-state index contributed by atoms with van der Waals surface area (Å²) in [5.74, 6) is -0.240. The fourth-order valence-electron chi connectivity index (χ4n) is 2.88. The number of hydrogen-bond acceptors (Lipinski definition) is 3. The number of halogens is 4. The highest BCUT2D eigenvalue weighted by Crippen LogP contribution is 2.35. The Morgan fingerprint density at radius 2 is 1.82 bits per heavy atom. The number of rotatable bonds is 3. The first-order valence-corrected chi connectivity index (χ1v) is 9.39. The number of non-ortho nitro benzene ring substituents is 1. The first-order chi connectivity index (χ1) is 13.2. The van der Waals surface area contributed by atoms with Crippen LogP contribution in [-0.2, 0) is 23.9 Å². The molecule has 0 N–H and O–H groups in total. The van der Waals surface area contributed by atoms with Gasteiger partial charge in [0.05, 0.1) is 17.0 Å². The molecule has 0 atom stereocenters. The number of nitro benzene ring substituents is 1. The van der Waals surface area contributed by atoms with E-state index in [1.54, 1.807) is 0 Å². The Balaban J connectivity index is 0.00000136. The molecule has 0 saturated carbocycles. The number of anilines is 1. The van der Waals surface area contributed by atoms with Gasteiger partial charge in [0.2, 0.25) is 5.91 Å².